The highest BCUT2D eigenvalue weighted by atomic mass is 16.4. The molecule has 0 spiro atoms. The summed E-state index contributed by atoms with van der Waals surface area (Å²) < 4.78 is 0. The highest BCUT2D eigenvalue weighted by Crippen LogP contribution is 2.29. The quantitative estimate of drug-likeness (QED) is 0.312. The number of aryl methyl sites for hydroxylation is 1. The van der Waals surface area contributed by atoms with Gasteiger partial charge in [0, 0.05) is 25.5 Å². The maximum Gasteiger partial charge on any atom is 0.330 e. The Morgan fingerprint density at radius 3 is 2.43 bits per heavy atom. The number of hydrogen-bond donors (Lipinski definition) is 3. The van der Waals surface area contributed by atoms with Crippen LogP contribution in [-0.2, 0) is 4.79 Å². The van der Waals surface area contributed by atoms with Crippen molar-refractivity contribution >= 4 is 23.6 Å². The van der Waals surface area contributed by atoms with E-state index < -0.39 is 12.0 Å². The highest BCUT2D eigenvalue weighted by molar-refractivity contribution is 5.82. The second-order valence-electron chi connectivity index (χ2n) is 7.39. The van der Waals surface area contributed by atoms with Crippen molar-refractivity contribution in [2.75, 3.05) is 24.3 Å². The van der Waals surface area contributed by atoms with Crippen molar-refractivity contribution in [3.63, 3.8) is 0 Å². The Kier molecular flexibility index (Phi) is 6.37. The molecule has 0 saturated heterocycles. The number of hydrazone groups is 1. The van der Waals surface area contributed by atoms with Gasteiger partial charge >= 0.3 is 5.97 Å². The second-order valence-corrected chi connectivity index (χ2v) is 7.39. The van der Waals surface area contributed by atoms with Crippen LogP contribution >= 0.6 is 0 Å². The monoisotopic (exact) mass is 402 g/mol. The van der Waals surface area contributed by atoms with E-state index in [1.807, 2.05) is 80.5 Å². The molecule has 0 radical (unpaired) electrons. The molecule has 1 unspecified atom stereocenters. The molecule has 0 aliphatic rings. The molecule has 3 aromatic rings. The lowest BCUT2D eigenvalue weighted by Crippen LogP contribution is -2.20. The number of nitrogens with zero attached hydrogens (tertiary/aromatic N) is 2. The molecule has 0 saturated carbocycles. The molecule has 0 bridgehead atoms. The first-order valence-corrected chi connectivity index (χ1v) is 9.59. The number of nitrogens with two attached hydrogens (primary N) is 1. The van der Waals surface area contributed by atoms with E-state index in [4.69, 9.17) is 5.84 Å². The fourth-order valence-electron chi connectivity index (χ4n) is 3.32. The Balaban J connectivity index is 1.95. The number of aliphatic carboxylic acids is 1. The van der Waals surface area contributed by atoms with Crippen molar-refractivity contribution in [2.45, 2.75) is 13.0 Å². The van der Waals surface area contributed by atoms with Gasteiger partial charge in [-0.1, -0.05) is 42.0 Å². The van der Waals surface area contributed by atoms with Gasteiger partial charge in [-0.2, -0.15) is 5.10 Å². The minimum Gasteiger partial charge on any atom is -0.479 e. The summed E-state index contributed by atoms with van der Waals surface area (Å²) in [5.41, 5.74) is 6.35. The topological polar surface area (TPSA) is 91.0 Å². The Morgan fingerprint density at radius 2 is 1.80 bits per heavy atom. The van der Waals surface area contributed by atoms with Gasteiger partial charge in [0.2, 0.25) is 0 Å². The molecule has 0 aliphatic carbocycles. The normalized spacial score (nSPS) is 12.0. The van der Waals surface area contributed by atoms with Gasteiger partial charge in [0.1, 0.15) is 0 Å². The van der Waals surface area contributed by atoms with Crippen molar-refractivity contribution < 1.29 is 9.90 Å². The Hall–Kier alpha value is -3.80. The molecule has 0 fully saturated rings. The lowest BCUT2D eigenvalue weighted by atomic mass is 9.96. The average molecular weight is 402 g/mol. The molecule has 0 amide bonds. The van der Waals surface area contributed by atoms with E-state index in [9.17, 15) is 9.90 Å². The van der Waals surface area contributed by atoms with E-state index >= 15 is 0 Å². The van der Waals surface area contributed by atoms with Crippen molar-refractivity contribution in [3.8, 4) is 11.1 Å². The highest BCUT2D eigenvalue weighted by Gasteiger charge is 2.21. The maximum absolute atomic E-state index is 12.1. The molecular formula is C24H26N4O2. The number of carbonyl (C=O) groups is 1. The molecule has 30 heavy (non-hydrogen) atoms. The van der Waals surface area contributed by atoms with Crippen LogP contribution in [0, 0.1) is 6.92 Å². The fourth-order valence-corrected chi connectivity index (χ4v) is 3.32. The van der Waals surface area contributed by atoms with E-state index in [1.165, 1.54) is 6.21 Å². The average Bonchev–Trinajstić information content (AvgIpc) is 2.72. The summed E-state index contributed by atoms with van der Waals surface area (Å²) in [7, 11) is 3.99. The number of rotatable bonds is 7. The van der Waals surface area contributed by atoms with Crippen molar-refractivity contribution in [2.24, 2.45) is 10.9 Å². The molecule has 0 aliphatic heterocycles. The molecule has 6 nitrogen and oxygen atoms in total. The molecule has 3 aromatic carbocycles. The minimum absolute atomic E-state index is 0.695. The van der Waals surface area contributed by atoms with Crippen molar-refractivity contribution in [1.29, 1.82) is 0 Å². The van der Waals surface area contributed by atoms with Gasteiger partial charge < -0.3 is 21.2 Å². The summed E-state index contributed by atoms with van der Waals surface area (Å²) in [5, 5.41) is 16.5. The van der Waals surface area contributed by atoms with Crippen LogP contribution in [0.5, 0.6) is 0 Å². The van der Waals surface area contributed by atoms with Crippen LogP contribution < -0.4 is 16.1 Å². The Morgan fingerprint density at radius 1 is 1.07 bits per heavy atom. The summed E-state index contributed by atoms with van der Waals surface area (Å²) in [5.74, 6) is 4.23. The summed E-state index contributed by atoms with van der Waals surface area (Å²) in [6, 6.07) is 20.5. The van der Waals surface area contributed by atoms with Gasteiger partial charge in [0.25, 0.3) is 0 Å². The third kappa shape index (κ3) is 4.97. The number of benzene rings is 3. The van der Waals surface area contributed by atoms with Gasteiger partial charge in [0.15, 0.2) is 6.04 Å². The van der Waals surface area contributed by atoms with Crippen LogP contribution in [0.1, 0.15) is 22.7 Å². The standard InChI is InChI=1S/C24H26N4O2/c1-16-11-19(18-5-4-6-22(14-18)28(2)3)13-20(12-16)23(24(29)30)27-21-9-7-17(8-10-21)15-26-25/h4-15,23,27H,25H2,1-3H3,(H,29,30). The van der Waals surface area contributed by atoms with E-state index in [2.05, 4.69) is 22.6 Å². The largest absolute Gasteiger partial charge is 0.479 e. The number of carboxylic acids is 1. The smallest absolute Gasteiger partial charge is 0.330 e. The number of carboxylic acid groups (broad SMARTS) is 1. The first kappa shape index (κ1) is 20.9. The molecular weight excluding hydrogens is 376 g/mol. The second kappa shape index (κ2) is 9.13. The van der Waals surface area contributed by atoms with Gasteiger partial charge in [-0.05, 0) is 59.5 Å². The zero-order valence-electron chi connectivity index (χ0n) is 17.3. The van der Waals surface area contributed by atoms with E-state index in [-0.39, 0.29) is 0 Å². The van der Waals surface area contributed by atoms with Crippen LogP contribution in [0.2, 0.25) is 0 Å². The van der Waals surface area contributed by atoms with Gasteiger partial charge in [-0.25, -0.2) is 4.79 Å². The van der Waals surface area contributed by atoms with E-state index in [1.54, 1.807) is 0 Å². The number of hydrogen-bond acceptors (Lipinski definition) is 5. The molecule has 1 atom stereocenters. The number of anilines is 2. The lowest BCUT2D eigenvalue weighted by Gasteiger charge is -2.19. The molecule has 4 N–H and O–H groups in total. The zero-order chi connectivity index (χ0) is 21.7. The minimum atomic E-state index is -0.943. The first-order chi connectivity index (χ1) is 14.4. The van der Waals surface area contributed by atoms with Crippen LogP contribution in [0.25, 0.3) is 11.1 Å². The molecule has 3 rings (SSSR count). The third-order valence-corrected chi connectivity index (χ3v) is 4.82. The van der Waals surface area contributed by atoms with Crippen LogP contribution in [0.3, 0.4) is 0 Å². The summed E-state index contributed by atoms with van der Waals surface area (Å²) in [6.45, 7) is 1.97. The summed E-state index contributed by atoms with van der Waals surface area (Å²) >= 11 is 0. The molecule has 0 aromatic heterocycles. The fraction of sp³-hybridized carbons (Fsp3) is 0.167. The number of nitrogens with one attached hydrogen (secondary N) is 1. The predicted octanol–water partition coefficient (Wildman–Crippen LogP) is 4.26. The van der Waals surface area contributed by atoms with Gasteiger partial charge in [-0.15, -0.1) is 0 Å². The van der Waals surface area contributed by atoms with E-state index in [0.29, 0.717) is 11.3 Å². The first-order valence-electron chi connectivity index (χ1n) is 9.59. The molecule has 0 heterocycles. The Labute approximate surface area is 176 Å². The summed E-state index contributed by atoms with van der Waals surface area (Å²) in [6.07, 6.45) is 1.53. The van der Waals surface area contributed by atoms with Gasteiger partial charge in [0.05, 0.1) is 6.21 Å². The van der Waals surface area contributed by atoms with Crippen LogP contribution in [-0.4, -0.2) is 31.4 Å². The van der Waals surface area contributed by atoms with Crippen molar-refractivity contribution in [1.82, 2.24) is 0 Å². The SMILES string of the molecule is Cc1cc(-c2cccc(N(C)C)c2)cc(C(Nc2ccc(C=NN)cc2)C(=O)O)c1. The maximum atomic E-state index is 12.1. The van der Waals surface area contributed by atoms with E-state index in [0.717, 1.165) is 27.9 Å². The Bertz CT molecular complexity index is 1060. The van der Waals surface area contributed by atoms with Gasteiger partial charge in [-0.3, -0.25) is 0 Å². The predicted molar refractivity (Wildman–Crippen MR) is 123 cm³/mol. The molecule has 6 heteroatoms. The lowest BCUT2D eigenvalue weighted by molar-refractivity contribution is -0.138. The van der Waals surface area contributed by atoms with Crippen molar-refractivity contribution in [3.05, 3.63) is 83.4 Å². The molecule has 154 valence electrons. The van der Waals surface area contributed by atoms with Crippen LogP contribution in [0.15, 0.2) is 71.8 Å². The zero-order valence-corrected chi connectivity index (χ0v) is 17.3. The summed E-state index contributed by atoms with van der Waals surface area (Å²) in [4.78, 5) is 14.1. The van der Waals surface area contributed by atoms with Crippen LogP contribution in [0.4, 0.5) is 11.4 Å². The third-order valence-electron chi connectivity index (χ3n) is 4.82.